The van der Waals surface area contributed by atoms with E-state index in [2.05, 4.69) is 28.8 Å². The maximum atomic E-state index is 5.65. The fourth-order valence-electron chi connectivity index (χ4n) is 2.05. The van der Waals surface area contributed by atoms with E-state index in [0.717, 1.165) is 19.6 Å². The van der Waals surface area contributed by atoms with Gasteiger partial charge in [-0.05, 0) is 26.9 Å². The van der Waals surface area contributed by atoms with Crippen LogP contribution in [0.1, 0.15) is 18.2 Å². The standard InChI is InChI=1S/C11H20N4S.ClH/c1-9-3-4-14(2)5-6-15(9)8-10-7-13-11(12)16-10;/h7,9H,3-6,8H2,1-2H3,(H2,12,13);1H. The van der Waals surface area contributed by atoms with Gasteiger partial charge in [-0.1, -0.05) is 0 Å². The van der Waals surface area contributed by atoms with E-state index in [9.17, 15) is 0 Å². The van der Waals surface area contributed by atoms with Crippen LogP contribution in [0.4, 0.5) is 5.13 Å². The van der Waals surface area contributed by atoms with E-state index in [0.29, 0.717) is 11.2 Å². The number of nitrogen functional groups attached to an aromatic ring is 1. The molecule has 1 aromatic heterocycles. The first-order valence-corrected chi connectivity index (χ1v) is 6.59. The molecular weight excluding hydrogens is 256 g/mol. The zero-order valence-electron chi connectivity index (χ0n) is 10.4. The summed E-state index contributed by atoms with van der Waals surface area (Å²) in [4.78, 5) is 10.3. The molecule has 1 unspecified atom stereocenters. The van der Waals surface area contributed by atoms with Crippen molar-refractivity contribution in [3.63, 3.8) is 0 Å². The Labute approximate surface area is 113 Å². The highest BCUT2D eigenvalue weighted by Crippen LogP contribution is 2.19. The lowest BCUT2D eigenvalue weighted by atomic mass is 10.2. The molecule has 0 spiro atoms. The van der Waals surface area contributed by atoms with Crippen molar-refractivity contribution in [2.75, 3.05) is 32.4 Å². The highest BCUT2D eigenvalue weighted by Gasteiger charge is 2.19. The zero-order chi connectivity index (χ0) is 11.5. The summed E-state index contributed by atoms with van der Waals surface area (Å²) in [6, 6.07) is 0.647. The molecule has 6 heteroatoms. The molecule has 0 aromatic carbocycles. The highest BCUT2D eigenvalue weighted by atomic mass is 35.5. The van der Waals surface area contributed by atoms with Gasteiger partial charge in [0.1, 0.15) is 0 Å². The number of thiazole rings is 1. The molecule has 1 fully saturated rings. The summed E-state index contributed by atoms with van der Waals surface area (Å²) < 4.78 is 0. The van der Waals surface area contributed by atoms with Crippen molar-refractivity contribution < 1.29 is 0 Å². The fourth-order valence-corrected chi connectivity index (χ4v) is 2.76. The average Bonchev–Trinajstić information content (AvgIpc) is 2.59. The third kappa shape index (κ3) is 4.10. The maximum Gasteiger partial charge on any atom is 0.180 e. The SMILES string of the molecule is CC1CCN(C)CCN1Cc1cnc(N)s1.Cl. The molecule has 1 aromatic rings. The molecule has 0 aliphatic carbocycles. The van der Waals surface area contributed by atoms with Gasteiger partial charge in [0.2, 0.25) is 0 Å². The molecule has 1 saturated heterocycles. The van der Waals surface area contributed by atoms with Crippen LogP contribution in [0.25, 0.3) is 0 Å². The molecule has 17 heavy (non-hydrogen) atoms. The quantitative estimate of drug-likeness (QED) is 0.893. The molecule has 0 radical (unpaired) electrons. The van der Waals surface area contributed by atoms with Crippen LogP contribution in [-0.4, -0.2) is 47.5 Å². The second-order valence-corrected chi connectivity index (χ2v) is 5.72. The molecule has 2 heterocycles. The predicted octanol–water partition coefficient (Wildman–Crippen LogP) is 1.67. The van der Waals surface area contributed by atoms with Crippen LogP contribution in [0, 0.1) is 0 Å². The van der Waals surface area contributed by atoms with E-state index in [1.165, 1.54) is 17.8 Å². The first-order chi connectivity index (χ1) is 7.65. The van der Waals surface area contributed by atoms with E-state index >= 15 is 0 Å². The Morgan fingerprint density at radius 3 is 2.88 bits per heavy atom. The summed E-state index contributed by atoms with van der Waals surface area (Å²) in [7, 11) is 2.20. The monoisotopic (exact) mass is 276 g/mol. The van der Waals surface area contributed by atoms with Gasteiger partial charge in [0.05, 0.1) is 0 Å². The lowest BCUT2D eigenvalue weighted by Crippen LogP contribution is -2.33. The first-order valence-electron chi connectivity index (χ1n) is 5.78. The molecule has 1 aliphatic heterocycles. The molecular formula is C11H21ClN4S. The van der Waals surface area contributed by atoms with Crippen LogP contribution in [0.3, 0.4) is 0 Å². The summed E-state index contributed by atoms with van der Waals surface area (Å²) in [6.45, 7) is 6.78. The van der Waals surface area contributed by atoms with Crippen LogP contribution in [0.15, 0.2) is 6.20 Å². The Morgan fingerprint density at radius 1 is 1.47 bits per heavy atom. The minimum atomic E-state index is 0. The van der Waals surface area contributed by atoms with Crippen LogP contribution in [0.2, 0.25) is 0 Å². The van der Waals surface area contributed by atoms with Gasteiger partial charge in [-0.2, -0.15) is 0 Å². The molecule has 4 nitrogen and oxygen atoms in total. The third-order valence-corrected chi connectivity index (χ3v) is 4.06. The number of hydrogen-bond donors (Lipinski definition) is 1. The number of nitrogens with zero attached hydrogens (tertiary/aromatic N) is 3. The van der Waals surface area contributed by atoms with Gasteiger partial charge in [0.15, 0.2) is 5.13 Å². The van der Waals surface area contributed by atoms with E-state index in [-0.39, 0.29) is 12.4 Å². The molecule has 98 valence electrons. The fraction of sp³-hybridized carbons (Fsp3) is 0.727. The Morgan fingerprint density at radius 2 is 2.24 bits per heavy atom. The van der Waals surface area contributed by atoms with Gasteiger partial charge >= 0.3 is 0 Å². The molecule has 0 amide bonds. The van der Waals surface area contributed by atoms with Crippen molar-refractivity contribution in [3.8, 4) is 0 Å². The van der Waals surface area contributed by atoms with Crippen molar-refractivity contribution >= 4 is 28.9 Å². The largest absolute Gasteiger partial charge is 0.375 e. The maximum absolute atomic E-state index is 5.65. The Balaban J connectivity index is 0.00000144. The normalized spacial score (nSPS) is 23.1. The molecule has 1 atom stereocenters. The Bertz CT molecular complexity index is 344. The van der Waals surface area contributed by atoms with Gasteiger partial charge in [-0.25, -0.2) is 4.98 Å². The predicted molar refractivity (Wildman–Crippen MR) is 75.8 cm³/mol. The summed E-state index contributed by atoms with van der Waals surface area (Å²) in [5.74, 6) is 0. The topological polar surface area (TPSA) is 45.4 Å². The summed E-state index contributed by atoms with van der Waals surface area (Å²) in [5.41, 5.74) is 5.65. The minimum absolute atomic E-state index is 0. The second-order valence-electron chi connectivity index (χ2n) is 4.58. The van der Waals surface area contributed by atoms with E-state index < -0.39 is 0 Å². The average molecular weight is 277 g/mol. The van der Waals surface area contributed by atoms with Gasteiger partial charge in [0.25, 0.3) is 0 Å². The summed E-state index contributed by atoms with van der Waals surface area (Å²) in [6.07, 6.45) is 3.14. The van der Waals surface area contributed by atoms with Gasteiger partial charge < -0.3 is 10.6 Å². The second kappa shape index (κ2) is 6.54. The van der Waals surface area contributed by atoms with Gasteiger partial charge in [0, 0.05) is 36.8 Å². The van der Waals surface area contributed by atoms with Crippen molar-refractivity contribution in [1.82, 2.24) is 14.8 Å². The van der Waals surface area contributed by atoms with E-state index in [1.54, 1.807) is 11.3 Å². The molecule has 2 N–H and O–H groups in total. The highest BCUT2D eigenvalue weighted by molar-refractivity contribution is 7.15. The van der Waals surface area contributed by atoms with E-state index in [4.69, 9.17) is 5.73 Å². The Hall–Kier alpha value is -0.360. The number of hydrogen-bond acceptors (Lipinski definition) is 5. The van der Waals surface area contributed by atoms with Crippen molar-refractivity contribution in [1.29, 1.82) is 0 Å². The number of anilines is 1. The lowest BCUT2D eigenvalue weighted by molar-refractivity contribution is 0.210. The van der Waals surface area contributed by atoms with Gasteiger partial charge in [-0.15, -0.1) is 23.7 Å². The lowest BCUT2D eigenvalue weighted by Gasteiger charge is -2.25. The van der Waals surface area contributed by atoms with E-state index in [1.807, 2.05) is 6.20 Å². The number of rotatable bonds is 2. The van der Waals surface area contributed by atoms with Crippen LogP contribution in [0.5, 0.6) is 0 Å². The molecule has 1 aliphatic rings. The minimum Gasteiger partial charge on any atom is -0.375 e. The van der Waals surface area contributed by atoms with Crippen molar-refractivity contribution in [3.05, 3.63) is 11.1 Å². The summed E-state index contributed by atoms with van der Waals surface area (Å²) >= 11 is 1.60. The first kappa shape index (κ1) is 14.7. The molecule has 2 rings (SSSR count). The third-order valence-electron chi connectivity index (χ3n) is 3.25. The number of halogens is 1. The molecule has 0 bridgehead atoms. The Kier molecular flexibility index (Phi) is 5.66. The number of nitrogens with two attached hydrogens (primary N) is 1. The summed E-state index contributed by atoms with van der Waals surface area (Å²) in [5, 5.41) is 0.676. The molecule has 0 saturated carbocycles. The van der Waals surface area contributed by atoms with Crippen molar-refractivity contribution in [2.24, 2.45) is 0 Å². The number of aromatic nitrogens is 1. The van der Waals surface area contributed by atoms with Crippen molar-refractivity contribution in [2.45, 2.75) is 25.9 Å². The van der Waals surface area contributed by atoms with Gasteiger partial charge in [-0.3, -0.25) is 4.90 Å². The zero-order valence-corrected chi connectivity index (χ0v) is 12.1. The number of likely N-dealkylation sites (N-methyl/N-ethyl adjacent to an activating group) is 1. The van der Waals surface area contributed by atoms with Crippen LogP contribution in [-0.2, 0) is 6.54 Å². The van der Waals surface area contributed by atoms with Crippen LogP contribution < -0.4 is 5.73 Å². The smallest absolute Gasteiger partial charge is 0.180 e. The van der Waals surface area contributed by atoms with Crippen LogP contribution >= 0.6 is 23.7 Å².